The monoisotopic (exact) mass is 281 g/mol. The number of nitrogens with one attached hydrogen (secondary N) is 1. The Labute approximate surface area is 121 Å². The molecule has 0 aromatic carbocycles. The fourth-order valence-corrected chi connectivity index (χ4v) is 2.22. The number of nitrogens with zero attached hydrogens (tertiary/aromatic N) is 3. The van der Waals surface area contributed by atoms with Crippen molar-refractivity contribution in [1.82, 2.24) is 20.0 Å². The van der Waals surface area contributed by atoms with Crippen molar-refractivity contribution in [2.45, 2.75) is 39.8 Å². The molecule has 0 fully saturated rings. The van der Waals surface area contributed by atoms with Gasteiger partial charge in [-0.1, -0.05) is 13.8 Å². The number of amides is 1. The number of carbonyl (C=O) groups is 1. The first-order valence-electron chi connectivity index (χ1n) is 7.12. The van der Waals surface area contributed by atoms with Crippen LogP contribution in [0, 0.1) is 5.92 Å². The molecule has 0 saturated heterocycles. The Morgan fingerprint density at radius 3 is 2.60 bits per heavy atom. The second-order valence-corrected chi connectivity index (χ2v) is 5.85. The zero-order valence-electron chi connectivity index (χ0n) is 13.2. The predicted octanol–water partition coefficient (Wildman–Crippen LogP) is 1.19. The van der Waals surface area contributed by atoms with E-state index < -0.39 is 0 Å². The van der Waals surface area contributed by atoms with Crippen LogP contribution in [0.1, 0.15) is 37.7 Å². The Morgan fingerprint density at radius 1 is 1.50 bits per heavy atom. The fraction of sp³-hybridized carbons (Fsp3) is 0.714. The number of rotatable bonds is 7. The van der Waals surface area contributed by atoms with Gasteiger partial charge in [0.05, 0.1) is 5.69 Å². The van der Waals surface area contributed by atoms with Crippen molar-refractivity contribution in [1.29, 1.82) is 0 Å². The number of carbonyl (C=O) groups excluding carboxylic acids is 1. The molecule has 0 spiro atoms. The highest BCUT2D eigenvalue weighted by atomic mass is 16.2. The smallest absolute Gasteiger partial charge is 0.274 e. The number of hydrogen-bond acceptors (Lipinski definition) is 4. The van der Waals surface area contributed by atoms with Crippen LogP contribution in [0.25, 0.3) is 0 Å². The third-order valence-corrected chi connectivity index (χ3v) is 3.01. The minimum Gasteiger partial charge on any atom is -0.396 e. The maximum absolute atomic E-state index is 12.3. The molecule has 1 aromatic rings. The van der Waals surface area contributed by atoms with E-state index in [-0.39, 0.29) is 11.9 Å². The van der Waals surface area contributed by atoms with Crippen molar-refractivity contribution in [2.75, 3.05) is 26.4 Å². The van der Waals surface area contributed by atoms with Gasteiger partial charge in [0.15, 0.2) is 5.69 Å². The van der Waals surface area contributed by atoms with Gasteiger partial charge in [-0.25, -0.2) is 0 Å². The second-order valence-electron chi connectivity index (χ2n) is 5.85. The molecule has 1 rings (SSSR count). The van der Waals surface area contributed by atoms with Crippen LogP contribution in [-0.4, -0.2) is 47.3 Å². The Balaban J connectivity index is 2.75. The van der Waals surface area contributed by atoms with E-state index in [9.17, 15) is 4.79 Å². The van der Waals surface area contributed by atoms with Gasteiger partial charge in [-0.05, 0) is 33.4 Å². The summed E-state index contributed by atoms with van der Waals surface area (Å²) in [6.45, 7) is 7.76. The number of aromatic nitrogens is 2. The molecule has 1 heterocycles. The van der Waals surface area contributed by atoms with E-state index in [1.54, 1.807) is 10.9 Å². The summed E-state index contributed by atoms with van der Waals surface area (Å²) in [5.74, 6) is 0.327. The molecule has 0 saturated carbocycles. The first kappa shape index (κ1) is 16.5. The zero-order chi connectivity index (χ0) is 15.3. The van der Waals surface area contributed by atoms with E-state index in [0.717, 1.165) is 13.0 Å². The molecular formula is C14H27N5O. The van der Waals surface area contributed by atoms with Crippen LogP contribution in [0.5, 0.6) is 0 Å². The van der Waals surface area contributed by atoms with Crippen molar-refractivity contribution < 1.29 is 4.79 Å². The summed E-state index contributed by atoms with van der Waals surface area (Å²) < 4.78 is 1.67. The Hall–Kier alpha value is -1.56. The van der Waals surface area contributed by atoms with Gasteiger partial charge in [0.25, 0.3) is 5.91 Å². The van der Waals surface area contributed by atoms with Crippen LogP contribution in [-0.2, 0) is 6.54 Å². The van der Waals surface area contributed by atoms with E-state index >= 15 is 0 Å². The second kappa shape index (κ2) is 7.28. The van der Waals surface area contributed by atoms with Gasteiger partial charge in [-0.3, -0.25) is 9.48 Å². The van der Waals surface area contributed by atoms with Crippen LogP contribution in [0.2, 0.25) is 0 Å². The molecule has 114 valence electrons. The molecule has 6 heteroatoms. The average Bonchev–Trinajstić information content (AvgIpc) is 2.68. The summed E-state index contributed by atoms with van der Waals surface area (Å²) in [4.78, 5) is 14.4. The maximum atomic E-state index is 12.3. The molecule has 3 N–H and O–H groups in total. The lowest BCUT2D eigenvalue weighted by molar-refractivity contribution is 0.0919. The normalized spacial score (nSPS) is 12.9. The number of nitrogen functional groups attached to an aromatic ring is 1. The molecule has 1 amide bonds. The molecule has 1 aromatic heterocycles. The number of aryl methyl sites for hydroxylation is 1. The number of likely N-dealkylation sites (N-methyl/N-ethyl adjacent to an activating group) is 1. The summed E-state index contributed by atoms with van der Waals surface area (Å²) in [6.07, 6.45) is 2.62. The standard InChI is InChI=1S/C14H27N5O/c1-6-19-9-12(15)13(17-19)14(20)16-11(7-10(2)3)8-18(4)5/h9-11H,6-8,15H2,1-5H3,(H,16,20). The van der Waals surface area contributed by atoms with Gasteiger partial charge < -0.3 is 16.0 Å². The van der Waals surface area contributed by atoms with E-state index in [4.69, 9.17) is 5.73 Å². The lowest BCUT2D eigenvalue weighted by Gasteiger charge is -2.23. The quantitative estimate of drug-likeness (QED) is 0.787. The average molecular weight is 281 g/mol. The summed E-state index contributed by atoms with van der Waals surface area (Å²) in [7, 11) is 4.00. The van der Waals surface area contributed by atoms with Gasteiger partial charge >= 0.3 is 0 Å². The molecule has 0 aliphatic carbocycles. The predicted molar refractivity (Wildman–Crippen MR) is 81.6 cm³/mol. The van der Waals surface area contributed by atoms with Crippen LogP contribution in [0.3, 0.4) is 0 Å². The van der Waals surface area contributed by atoms with Gasteiger partial charge in [0.2, 0.25) is 0 Å². The highest BCUT2D eigenvalue weighted by Gasteiger charge is 2.20. The van der Waals surface area contributed by atoms with Crippen LogP contribution < -0.4 is 11.1 Å². The van der Waals surface area contributed by atoms with Crippen molar-refractivity contribution in [3.05, 3.63) is 11.9 Å². The zero-order valence-corrected chi connectivity index (χ0v) is 13.2. The third-order valence-electron chi connectivity index (χ3n) is 3.01. The Kier molecular flexibility index (Phi) is 6.01. The topological polar surface area (TPSA) is 76.2 Å². The molecule has 1 atom stereocenters. The van der Waals surface area contributed by atoms with E-state index in [1.807, 2.05) is 21.0 Å². The number of hydrogen-bond donors (Lipinski definition) is 2. The fourth-order valence-electron chi connectivity index (χ4n) is 2.22. The minimum atomic E-state index is -0.192. The lowest BCUT2D eigenvalue weighted by Crippen LogP contribution is -2.42. The SMILES string of the molecule is CCn1cc(N)c(C(=O)NC(CC(C)C)CN(C)C)n1. The van der Waals surface area contributed by atoms with E-state index in [2.05, 4.69) is 29.2 Å². The highest BCUT2D eigenvalue weighted by Crippen LogP contribution is 2.11. The molecule has 1 unspecified atom stereocenters. The molecule has 0 radical (unpaired) electrons. The van der Waals surface area contributed by atoms with Gasteiger partial charge in [-0.2, -0.15) is 5.10 Å². The van der Waals surface area contributed by atoms with Gasteiger partial charge in [0, 0.05) is 25.3 Å². The summed E-state index contributed by atoms with van der Waals surface area (Å²) >= 11 is 0. The van der Waals surface area contributed by atoms with Crippen LogP contribution >= 0.6 is 0 Å². The van der Waals surface area contributed by atoms with Crippen molar-refractivity contribution in [2.24, 2.45) is 5.92 Å². The minimum absolute atomic E-state index is 0.101. The van der Waals surface area contributed by atoms with Crippen LogP contribution in [0.15, 0.2) is 6.20 Å². The molecule has 0 aliphatic heterocycles. The van der Waals surface area contributed by atoms with Gasteiger partial charge in [0.1, 0.15) is 0 Å². The number of anilines is 1. The summed E-state index contributed by atoms with van der Waals surface area (Å²) in [5.41, 5.74) is 6.59. The Morgan fingerprint density at radius 2 is 2.15 bits per heavy atom. The van der Waals surface area contributed by atoms with Crippen molar-refractivity contribution >= 4 is 11.6 Å². The number of nitrogens with two attached hydrogens (primary N) is 1. The van der Waals surface area contributed by atoms with Crippen molar-refractivity contribution in [3.8, 4) is 0 Å². The molecular weight excluding hydrogens is 254 g/mol. The van der Waals surface area contributed by atoms with E-state index in [0.29, 0.717) is 23.8 Å². The molecule has 0 bridgehead atoms. The Bertz CT molecular complexity index is 429. The van der Waals surface area contributed by atoms with E-state index in [1.165, 1.54) is 0 Å². The van der Waals surface area contributed by atoms with Crippen molar-refractivity contribution in [3.63, 3.8) is 0 Å². The molecule has 0 aliphatic rings. The summed E-state index contributed by atoms with van der Waals surface area (Å²) in [6, 6.07) is 0.101. The summed E-state index contributed by atoms with van der Waals surface area (Å²) in [5, 5.41) is 7.24. The first-order chi connectivity index (χ1) is 9.33. The highest BCUT2D eigenvalue weighted by molar-refractivity contribution is 5.97. The van der Waals surface area contributed by atoms with Crippen LogP contribution in [0.4, 0.5) is 5.69 Å². The maximum Gasteiger partial charge on any atom is 0.274 e. The molecule has 6 nitrogen and oxygen atoms in total. The third kappa shape index (κ3) is 4.85. The van der Waals surface area contributed by atoms with Gasteiger partial charge in [-0.15, -0.1) is 0 Å². The first-order valence-corrected chi connectivity index (χ1v) is 7.12. The molecule has 20 heavy (non-hydrogen) atoms. The largest absolute Gasteiger partial charge is 0.396 e. The lowest BCUT2D eigenvalue weighted by atomic mass is 10.0.